The first-order valence-corrected chi connectivity index (χ1v) is 4.29. The lowest BCUT2D eigenvalue weighted by molar-refractivity contribution is 1.00. The Bertz CT molecular complexity index is 129. The standard InChI is InChI=1S/C11H18/c1-3-5-7-9-11-10-8-6-4-2/h3-4,6,9,11H,1,5,7-8,10H2,2H3. The fraction of sp³-hybridized carbons (Fsp3) is 0.455. The average molecular weight is 150 g/mol. The summed E-state index contributed by atoms with van der Waals surface area (Å²) < 4.78 is 0. The van der Waals surface area contributed by atoms with Gasteiger partial charge in [-0.2, -0.15) is 0 Å². The lowest BCUT2D eigenvalue weighted by atomic mass is 10.2. The molecule has 62 valence electrons. The smallest absolute Gasteiger partial charge is 0.0316 e. The molecule has 0 radical (unpaired) electrons. The van der Waals surface area contributed by atoms with E-state index in [4.69, 9.17) is 0 Å². The Labute approximate surface area is 70.3 Å². The molecular formula is C11H18. The molecule has 0 aromatic carbocycles. The molecule has 0 N–H and O–H groups in total. The van der Waals surface area contributed by atoms with Crippen LogP contribution in [-0.2, 0) is 0 Å². The zero-order valence-corrected chi connectivity index (χ0v) is 7.42. The Morgan fingerprint density at radius 3 is 2.00 bits per heavy atom. The van der Waals surface area contributed by atoms with Crippen LogP contribution in [0.25, 0.3) is 0 Å². The van der Waals surface area contributed by atoms with E-state index in [1.165, 1.54) is 12.8 Å². The number of hydrogen-bond donors (Lipinski definition) is 0. The Morgan fingerprint density at radius 1 is 0.909 bits per heavy atom. The molecule has 0 spiro atoms. The summed E-state index contributed by atoms with van der Waals surface area (Å²) in [6.45, 7) is 5.72. The molecule has 11 heavy (non-hydrogen) atoms. The van der Waals surface area contributed by atoms with Crippen LogP contribution in [0.4, 0.5) is 0 Å². The van der Waals surface area contributed by atoms with Crippen LogP contribution in [0.3, 0.4) is 0 Å². The van der Waals surface area contributed by atoms with Crippen molar-refractivity contribution in [1.82, 2.24) is 0 Å². The van der Waals surface area contributed by atoms with Gasteiger partial charge < -0.3 is 0 Å². The van der Waals surface area contributed by atoms with E-state index >= 15 is 0 Å². The average Bonchev–Trinajstić information content (AvgIpc) is 2.03. The molecule has 0 bridgehead atoms. The molecule has 0 nitrogen and oxygen atoms in total. The van der Waals surface area contributed by atoms with Gasteiger partial charge in [0.2, 0.25) is 0 Å². The van der Waals surface area contributed by atoms with Crippen LogP contribution < -0.4 is 0 Å². The summed E-state index contributed by atoms with van der Waals surface area (Å²) in [4.78, 5) is 0. The van der Waals surface area contributed by atoms with Crippen LogP contribution in [0.2, 0.25) is 0 Å². The van der Waals surface area contributed by atoms with E-state index in [1.54, 1.807) is 0 Å². The van der Waals surface area contributed by atoms with E-state index in [1.807, 2.05) is 6.08 Å². The Hall–Kier alpha value is -0.780. The van der Waals surface area contributed by atoms with E-state index in [2.05, 4.69) is 37.8 Å². The number of hydrogen-bond acceptors (Lipinski definition) is 0. The van der Waals surface area contributed by atoms with Gasteiger partial charge in [0.15, 0.2) is 0 Å². The van der Waals surface area contributed by atoms with Gasteiger partial charge in [-0.15, -0.1) is 6.58 Å². The fourth-order valence-corrected chi connectivity index (χ4v) is 0.809. The lowest BCUT2D eigenvalue weighted by Crippen LogP contribution is -1.65. The SMILES string of the molecule is C=CCCC=CCCC=CC. The second-order valence-corrected chi connectivity index (χ2v) is 2.48. The third kappa shape index (κ3) is 9.22. The summed E-state index contributed by atoms with van der Waals surface area (Å²) in [5.74, 6) is 0. The maximum atomic E-state index is 3.66. The second kappa shape index (κ2) is 9.22. The van der Waals surface area contributed by atoms with Gasteiger partial charge in [-0.1, -0.05) is 30.4 Å². The molecule has 0 aliphatic rings. The minimum atomic E-state index is 1.10. The monoisotopic (exact) mass is 150 g/mol. The van der Waals surface area contributed by atoms with Crippen LogP contribution in [0.1, 0.15) is 32.6 Å². The molecule has 0 unspecified atom stereocenters. The quantitative estimate of drug-likeness (QED) is 0.398. The number of allylic oxidation sites excluding steroid dienone is 5. The van der Waals surface area contributed by atoms with Crippen molar-refractivity contribution in [2.24, 2.45) is 0 Å². The first kappa shape index (κ1) is 10.2. The molecule has 0 heterocycles. The molecule has 0 rings (SSSR count). The van der Waals surface area contributed by atoms with E-state index in [0.717, 1.165) is 12.8 Å². The maximum Gasteiger partial charge on any atom is -0.0316 e. The molecule has 0 aromatic heterocycles. The lowest BCUT2D eigenvalue weighted by Gasteiger charge is -1.86. The predicted molar refractivity (Wildman–Crippen MR) is 52.6 cm³/mol. The van der Waals surface area contributed by atoms with Crippen LogP contribution in [0, 0.1) is 0 Å². The van der Waals surface area contributed by atoms with Crippen molar-refractivity contribution in [2.75, 3.05) is 0 Å². The molecule has 0 aliphatic carbocycles. The highest BCUT2D eigenvalue weighted by Crippen LogP contribution is 1.96. The van der Waals surface area contributed by atoms with Gasteiger partial charge in [0.1, 0.15) is 0 Å². The third-order valence-electron chi connectivity index (χ3n) is 1.44. The third-order valence-corrected chi connectivity index (χ3v) is 1.44. The summed E-state index contributed by atoms with van der Waals surface area (Å²) in [5.41, 5.74) is 0. The van der Waals surface area contributed by atoms with Gasteiger partial charge in [-0.3, -0.25) is 0 Å². The first-order valence-electron chi connectivity index (χ1n) is 4.29. The van der Waals surface area contributed by atoms with E-state index in [-0.39, 0.29) is 0 Å². The second-order valence-electron chi connectivity index (χ2n) is 2.48. The van der Waals surface area contributed by atoms with Crippen LogP contribution in [0.5, 0.6) is 0 Å². The fourth-order valence-electron chi connectivity index (χ4n) is 0.809. The molecule has 0 fully saturated rings. The number of unbranched alkanes of at least 4 members (excludes halogenated alkanes) is 2. The van der Waals surface area contributed by atoms with Crippen LogP contribution in [-0.4, -0.2) is 0 Å². The summed E-state index contributed by atoms with van der Waals surface area (Å²) in [6, 6.07) is 0. The maximum absolute atomic E-state index is 3.66. The zero-order chi connectivity index (χ0) is 8.36. The van der Waals surface area contributed by atoms with Crippen molar-refractivity contribution in [3.05, 3.63) is 37.0 Å². The summed E-state index contributed by atoms with van der Waals surface area (Å²) in [6.07, 6.45) is 15.3. The molecule has 0 atom stereocenters. The van der Waals surface area contributed by atoms with Gasteiger partial charge in [0.05, 0.1) is 0 Å². The van der Waals surface area contributed by atoms with Crippen molar-refractivity contribution in [3.63, 3.8) is 0 Å². The van der Waals surface area contributed by atoms with Crippen LogP contribution in [0.15, 0.2) is 37.0 Å². The predicted octanol–water partition coefficient (Wildman–Crippen LogP) is 3.87. The Kier molecular flexibility index (Phi) is 8.57. The zero-order valence-electron chi connectivity index (χ0n) is 7.42. The summed E-state index contributed by atoms with van der Waals surface area (Å²) in [7, 11) is 0. The first-order chi connectivity index (χ1) is 5.41. The van der Waals surface area contributed by atoms with Gasteiger partial charge in [-0.25, -0.2) is 0 Å². The van der Waals surface area contributed by atoms with Crippen molar-refractivity contribution < 1.29 is 0 Å². The highest BCUT2D eigenvalue weighted by molar-refractivity contribution is 4.87. The highest BCUT2D eigenvalue weighted by Gasteiger charge is 1.76. The topological polar surface area (TPSA) is 0 Å². The van der Waals surface area contributed by atoms with E-state index in [0.29, 0.717) is 0 Å². The van der Waals surface area contributed by atoms with Crippen molar-refractivity contribution in [2.45, 2.75) is 32.6 Å². The summed E-state index contributed by atoms with van der Waals surface area (Å²) in [5, 5.41) is 0. The normalized spacial score (nSPS) is 11.4. The van der Waals surface area contributed by atoms with E-state index in [9.17, 15) is 0 Å². The van der Waals surface area contributed by atoms with E-state index < -0.39 is 0 Å². The molecule has 0 saturated heterocycles. The molecule has 0 saturated carbocycles. The van der Waals surface area contributed by atoms with Crippen molar-refractivity contribution in [1.29, 1.82) is 0 Å². The molecule has 0 aliphatic heterocycles. The molecular weight excluding hydrogens is 132 g/mol. The minimum absolute atomic E-state index is 1.10. The van der Waals surface area contributed by atoms with Crippen molar-refractivity contribution in [3.8, 4) is 0 Å². The van der Waals surface area contributed by atoms with Crippen LogP contribution >= 0.6 is 0 Å². The van der Waals surface area contributed by atoms with Gasteiger partial charge >= 0.3 is 0 Å². The Morgan fingerprint density at radius 2 is 1.45 bits per heavy atom. The number of rotatable bonds is 6. The molecule has 0 amide bonds. The Balaban J connectivity index is 3.09. The minimum Gasteiger partial charge on any atom is -0.103 e. The highest BCUT2D eigenvalue weighted by atomic mass is 13.8. The molecule has 0 aromatic rings. The van der Waals surface area contributed by atoms with Gasteiger partial charge in [0.25, 0.3) is 0 Å². The molecule has 0 heteroatoms. The largest absolute Gasteiger partial charge is 0.103 e. The summed E-state index contributed by atoms with van der Waals surface area (Å²) >= 11 is 0. The van der Waals surface area contributed by atoms with Gasteiger partial charge in [0, 0.05) is 0 Å². The van der Waals surface area contributed by atoms with Gasteiger partial charge in [-0.05, 0) is 32.6 Å². The van der Waals surface area contributed by atoms with Crippen molar-refractivity contribution >= 4 is 0 Å².